The molecule has 0 radical (unpaired) electrons. The first-order valence-electron chi connectivity index (χ1n) is 8.85. The maximum absolute atomic E-state index is 12.7. The summed E-state index contributed by atoms with van der Waals surface area (Å²) in [4.78, 5) is 14.6. The van der Waals surface area contributed by atoms with Crippen molar-refractivity contribution in [3.05, 3.63) is 53.9 Å². The van der Waals surface area contributed by atoms with Crippen LogP contribution < -0.4 is 5.32 Å². The summed E-state index contributed by atoms with van der Waals surface area (Å²) in [5.41, 5.74) is 2.10. The summed E-state index contributed by atoms with van der Waals surface area (Å²) >= 11 is 0. The summed E-state index contributed by atoms with van der Waals surface area (Å²) in [6, 6.07) is 10.1. The van der Waals surface area contributed by atoms with Gasteiger partial charge in [0.1, 0.15) is 0 Å². The third-order valence-corrected chi connectivity index (χ3v) is 4.75. The highest BCUT2D eigenvalue weighted by Gasteiger charge is 2.17. The van der Waals surface area contributed by atoms with Crippen LogP contribution in [0.1, 0.15) is 41.6 Å². The van der Waals surface area contributed by atoms with E-state index in [4.69, 9.17) is 0 Å². The molecule has 128 valence electrons. The molecule has 2 aromatic rings. The molecule has 0 bridgehead atoms. The van der Waals surface area contributed by atoms with Gasteiger partial charge in [-0.2, -0.15) is 5.10 Å². The van der Waals surface area contributed by atoms with E-state index in [2.05, 4.69) is 22.5 Å². The summed E-state index contributed by atoms with van der Waals surface area (Å²) < 4.78 is 1.86. The lowest BCUT2D eigenvalue weighted by molar-refractivity contribution is 0.0757. The first-order valence-corrected chi connectivity index (χ1v) is 8.85. The smallest absolute Gasteiger partial charge is 0.253 e. The Bertz CT molecular complexity index is 630. The van der Waals surface area contributed by atoms with E-state index in [0.717, 1.165) is 25.2 Å². The number of carbonyl (C=O) groups is 1. The minimum atomic E-state index is 0.0953. The molecule has 1 aromatic heterocycles. The van der Waals surface area contributed by atoms with Crippen LogP contribution in [0.15, 0.2) is 42.7 Å². The minimum absolute atomic E-state index is 0.0953. The Labute approximate surface area is 143 Å². The van der Waals surface area contributed by atoms with Crippen LogP contribution in [0.4, 0.5) is 0 Å². The highest BCUT2D eigenvalue weighted by molar-refractivity contribution is 5.94. The fourth-order valence-corrected chi connectivity index (χ4v) is 3.28. The minimum Gasteiger partial charge on any atom is -0.337 e. The van der Waals surface area contributed by atoms with Gasteiger partial charge in [-0.1, -0.05) is 12.1 Å². The molecule has 1 saturated heterocycles. The number of hydrogen-bond donors (Lipinski definition) is 1. The second-order valence-electron chi connectivity index (χ2n) is 6.32. The summed E-state index contributed by atoms with van der Waals surface area (Å²) in [5.74, 6) is 0.669. The fourth-order valence-electron chi connectivity index (χ4n) is 3.28. The standard InChI is InChI=1S/C19H26N4O/c1-2-22(13-14-23-12-4-11-21-23)19(24)17-8-6-16(7-9-17)18-5-3-10-20-15-18/h4,6-9,11-12,18,20H,2-3,5,10,13-15H2,1H3. The van der Waals surface area contributed by atoms with Crippen LogP contribution in [-0.2, 0) is 6.54 Å². The number of piperidine rings is 1. The molecule has 0 aliphatic carbocycles. The number of likely N-dealkylation sites (N-methyl/N-ethyl adjacent to an activating group) is 1. The molecule has 0 saturated carbocycles. The van der Waals surface area contributed by atoms with Crippen LogP contribution in [0.5, 0.6) is 0 Å². The van der Waals surface area contributed by atoms with Gasteiger partial charge in [0, 0.05) is 37.6 Å². The van der Waals surface area contributed by atoms with E-state index < -0.39 is 0 Å². The lowest BCUT2D eigenvalue weighted by atomic mass is 9.91. The molecule has 24 heavy (non-hydrogen) atoms. The van der Waals surface area contributed by atoms with Crippen LogP contribution >= 0.6 is 0 Å². The van der Waals surface area contributed by atoms with Gasteiger partial charge in [-0.15, -0.1) is 0 Å². The Hall–Kier alpha value is -2.14. The molecule has 1 amide bonds. The maximum atomic E-state index is 12.7. The highest BCUT2D eigenvalue weighted by atomic mass is 16.2. The van der Waals surface area contributed by atoms with Gasteiger partial charge < -0.3 is 10.2 Å². The predicted molar refractivity (Wildman–Crippen MR) is 95.1 cm³/mol. The van der Waals surface area contributed by atoms with E-state index in [0.29, 0.717) is 19.0 Å². The van der Waals surface area contributed by atoms with E-state index >= 15 is 0 Å². The molecule has 3 rings (SSSR count). The molecule has 5 heteroatoms. The van der Waals surface area contributed by atoms with Gasteiger partial charge in [0.2, 0.25) is 0 Å². The quantitative estimate of drug-likeness (QED) is 0.887. The number of rotatable bonds is 6. The summed E-state index contributed by atoms with van der Waals surface area (Å²) in [7, 11) is 0. The topological polar surface area (TPSA) is 50.2 Å². The molecule has 1 unspecified atom stereocenters. The molecule has 1 aromatic carbocycles. The Kier molecular flexibility index (Phi) is 5.64. The Morgan fingerprint density at radius 1 is 1.38 bits per heavy atom. The van der Waals surface area contributed by atoms with Crippen LogP contribution in [0, 0.1) is 0 Å². The van der Waals surface area contributed by atoms with Crippen molar-refractivity contribution >= 4 is 5.91 Å². The average Bonchev–Trinajstić information content (AvgIpc) is 3.16. The zero-order valence-electron chi connectivity index (χ0n) is 14.3. The number of amides is 1. The van der Waals surface area contributed by atoms with E-state index in [1.807, 2.05) is 40.9 Å². The van der Waals surface area contributed by atoms with Crippen molar-refractivity contribution in [1.29, 1.82) is 0 Å². The van der Waals surface area contributed by atoms with Crippen LogP contribution in [0.3, 0.4) is 0 Å². The average molecular weight is 326 g/mol. The van der Waals surface area contributed by atoms with Gasteiger partial charge >= 0.3 is 0 Å². The number of hydrogen-bond acceptors (Lipinski definition) is 3. The Morgan fingerprint density at radius 2 is 2.21 bits per heavy atom. The molecular formula is C19H26N4O. The molecule has 0 spiro atoms. The maximum Gasteiger partial charge on any atom is 0.253 e. The number of carbonyl (C=O) groups excluding carboxylic acids is 1. The van der Waals surface area contributed by atoms with E-state index in [1.54, 1.807) is 6.20 Å². The van der Waals surface area contributed by atoms with Gasteiger partial charge in [-0.3, -0.25) is 9.48 Å². The Balaban J connectivity index is 1.62. The molecular weight excluding hydrogens is 300 g/mol. The van der Waals surface area contributed by atoms with Gasteiger partial charge in [0.15, 0.2) is 0 Å². The number of nitrogens with zero attached hydrogens (tertiary/aromatic N) is 3. The molecule has 1 N–H and O–H groups in total. The van der Waals surface area contributed by atoms with Crippen molar-refractivity contribution in [2.75, 3.05) is 26.2 Å². The molecule has 1 atom stereocenters. The summed E-state index contributed by atoms with van der Waals surface area (Å²) in [6.45, 7) is 6.27. The zero-order chi connectivity index (χ0) is 16.8. The van der Waals surface area contributed by atoms with Crippen molar-refractivity contribution in [3.63, 3.8) is 0 Å². The van der Waals surface area contributed by atoms with E-state index in [-0.39, 0.29) is 5.91 Å². The van der Waals surface area contributed by atoms with Gasteiger partial charge in [-0.25, -0.2) is 0 Å². The highest BCUT2D eigenvalue weighted by Crippen LogP contribution is 2.23. The molecule has 1 fully saturated rings. The van der Waals surface area contributed by atoms with E-state index in [1.165, 1.54) is 18.4 Å². The lowest BCUT2D eigenvalue weighted by Crippen LogP contribution is -2.34. The first-order chi connectivity index (χ1) is 11.8. The SMILES string of the molecule is CCN(CCn1cccn1)C(=O)c1ccc(C2CCCNC2)cc1. The number of aromatic nitrogens is 2. The molecule has 1 aliphatic heterocycles. The third-order valence-electron chi connectivity index (χ3n) is 4.75. The van der Waals surface area contributed by atoms with Crippen molar-refractivity contribution < 1.29 is 4.79 Å². The monoisotopic (exact) mass is 326 g/mol. The van der Waals surface area contributed by atoms with Crippen molar-refractivity contribution in [2.45, 2.75) is 32.2 Å². The van der Waals surface area contributed by atoms with Crippen LogP contribution in [-0.4, -0.2) is 46.8 Å². The molecule has 5 nitrogen and oxygen atoms in total. The van der Waals surface area contributed by atoms with Crippen molar-refractivity contribution in [2.24, 2.45) is 0 Å². The van der Waals surface area contributed by atoms with Gasteiger partial charge in [0.05, 0.1) is 6.54 Å². The summed E-state index contributed by atoms with van der Waals surface area (Å²) in [5, 5.41) is 7.64. The van der Waals surface area contributed by atoms with Crippen molar-refractivity contribution in [1.82, 2.24) is 20.0 Å². The predicted octanol–water partition coefficient (Wildman–Crippen LogP) is 2.51. The molecule has 2 heterocycles. The zero-order valence-corrected chi connectivity index (χ0v) is 14.3. The van der Waals surface area contributed by atoms with Crippen LogP contribution in [0.2, 0.25) is 0 Å². The Morgan fingerprint density at radius 3 is 2.83 bits per heavy atom. The first kappa shape index (κ1) is 16.7. The molecule has 1 aliphatic rings. The van der Waals surface area contributed by atoms with Crippen molar-refractivity contribution in [3.8, 4) is 0 Å². The second-order valence-corrected chi connectivity index (χ2v) is 6.32. The van der Waals surface area contributed by atoms with Gasteiger partial charge in [0.25, 0.3) is 5.91 Å². The summed E-state index contributed by atoms with van der Waals surface area (Å²) in [6.07, 6.45) is 6.13. The number of benzene rings is 1. The normalized spacial score (nSPS) is 17.6. The van der Waals surface area contributed by atoms with E-state index in [9.17, 15) is 4.79 Å². The lowest BCUT2D eigenvalue weighted by Gasteiger charge is -2.24. The number of nitrogens with one attached hydrogen (secondary N) is 1. The largest absolute Gasteiger partial charge is 0.337 e. The van der Waals surface area contributed by atoms with Gasteiger partial charge in [-0.05, 0) is 56.0 Å². The fraction of sp³-hybridized carbons (Fsp3) is 0.474. The third kappa shape index (κ3) is 4.03. The van der Waals surface area contributed by atoms with Crippen LogP contribution in [0.25, 0.3) is 0 Å². The second kappa shape index (κ2) is 8.11.